The molecule has 0 spiro atoms. The number of rotatable bonds is 8. The second-order valence-electron chi connectivity index (χ2n) is 9.26. The number of likely N-dealkylation sites (tertiary alicyclic amines) is 1. The van der Waals surface area contributed by atoms with Crippen LogP contribution in [0.4, 0.5) is 0 Å². The summed E-state index contributed by atoms with van der Waals surface area (Å²) in [5.74, 6) is 0.262. The molecule has 4 rings (SSSR count). The first kappa shape index (κ1) is 23.9. The number of nitrogens with one attached hydrogen (secondary N) is 1. The Balaban J connectivity index is 1.48. The van der Waals surface area contributed by atoms with Gasteiger partial charge in [-0.25, -0.2) is 0 Å². The van der Waals surface area contributed by atoms with Crippen molar-refractivity contribution in [2.24, 2.45) is 5.92 Å². The van der Waals surface area contributed by atoms with E-state index >= 15 is 0 Å². The molecule has 2 aromatic carbocycles. The third-order valence-corrected chi connectivity index (χ3v) is 6.89. The number of nitrogens with zero attached hydrogens (tertiary/aromatic N) is 2. The number of aromatic nitrogens is 1. The van der Waals surface area contributed by atoms with Gasteiger partial charge in [0.1, 0.15) is 0 Å². The van der Waals surface area contributed by atoms with E-state index in [1.807, 2.05) is 48.2 Å². The second-order valence-corrected chi connectivity index (χ2v) is 9.26. The molecule has 1 N–H and O–H groups in total. The largest absolute Gasteiger partial charge is 0.356 e. The van der Waals surface area contributed by atoms with Crippen LogP contribution in [0.25, 0.3) is 22.0 Å². The molecule has 0 bridgehead atoms. The van der Waals surface area contributed by atoms with Crippen molar-refractivity contribution in [2.75, 3.05) is 19.6 Å². The predicted molar refractivity (Wildman–Crippen MR) is 137 cm³/mol. The number of fused-ring (bicyclic) bond motifs is 1. The van der Waals surface area contributed by atoms with Crippen LogP contribution in [0.3, 0.4) is 0 Å². The number of piperidine rings is 1. The summed E-state index contributed by atoms with van der Waals surface area (Å²) in [6.45, 7) is 6.17. The van der Waals surface area contributed by atoms with Gasteiger partial charge in [-0.15, -0.1) is 0 Å². The number of carbonyl (C=O) groups excluding carboxylic acids is 2. The second kappa shape index (κ2) is 11.3. The van der Waals surface area contributed by atoms with Gasteiger partial charge in [0.15, 0.2) is 0 Å². The normalized spacial score (nSPS) is 14.4. The Morgan fingerprint density at radius 3 is 2.44 bits per heavy atom. The number of amides is 2. The minimum atomic E-state index is 0.00891. The number of aryl methyl sites for hydroxylation is 1. The first-order valence-electron chi connectivity index (χ1n) is 12.6. The molecule has 1 fully saturated rings. The third kappa shape index (κ3) is 5.46. The van der Waals surface area contributed by atoms with Crippen molar-refractivity contribution in [3.63, 3.8) is 0 Å². The number of carbonyl (C=O) groups is 2. The maximum atomic E-state index is 13.4. The maximum Gasteiger partial charge on any atom is 0.227 e. The molecule has 2 heterocycles. The van der Waals surface area contributed by atoms with Crippen molar-refractivity contribution in [1.82, 2.24) is 15.2 Å². The van der Waals surface area contributed by atoms with Gasteiger partial charge >= 0.3 is 0 Å². The van der Waals surface area contributed by atoms with Gasteiger partial charge in [-0.1, -0.05) is 68.3 Å². The molecule has 5 nitrogen and oxygen atoms in total. The smallest absolute Gasteiger partial charge is 0.227 e. The molecular formula is C29H35N3O2. The van der Waals surface area contributed by atoms with Crippen molar-refractivity contribution in [3.05, 3.63) is 65.9 Å². The number of unbranched alkanes of at least 4 members (excludes halogenated alkanes) is 2. The Morgan fingerprint density at radius 2 is 1.71 bits per heavy atom. The summed E-state index contributed by atoms with van der Waals surface area (Å²) in [5, 5.41) is 4.14. The minimum Gasteiger partial charge on any atom is -0.356 e. The topological polar surface area (TPSA) is 62.3 Å². The van der Waals surface area contributed by atoms with Crippen molar-refractivity contribution in [3.8, 4) is 11.1 Å². The molecule has 1 saturated heterocycles. The van der Waals surface area contributed by atoms with Gasteiger partial charge in [-0.2, -0.15) is 0 Å². The Kier molecular flexibility index (Phi) is 7.94. The highest BCUT2D eigenvalue weighted by molar-refractivity contribution is 5.98. The van der Waals surface area contributed by atoms with Gasteiger partial charge < -0.3 is 10.2 Å². The molecule has 1 aromatic heterocycles. The van der Waals surface area contributed by atoms with E-state index < -0.39 is 0 Å². The van der Waals surface area contributed by atoms with E-state index in [0.717, 1.165) is 71.9 Å². The standard InChI is InChI=1S/C29H35N3O2/c1-3-4-10-17-30-29(34)23-15-18-32(19-16-23)27(33)20-25-21(2)31-26-14-9-8-13-24(26)28(25)22-11-6-5-7-12-22/h5-9,11-14,23H,3-4,10,15-20H2,1-2H3,(H,30,34). The number of hydrogen-bond donors (Lipinski definition) is 1. The molecular weight excluding hydrogens is 422 g/mol. The van der Waals surface area contributed by atoms with Crippen LogP contribution in [-0.4, -0.2) is 41.3 Å². The molecule has 3 aromatic rings. The quantitative estimate of drug-likeness (QED) is 0.467. The van der Waals surface area contributed by atoms with E-state index in [1.54, 1.807) is 0 Å². The lowest BCUT2D eigenvalue weighted by Gasteiger charge is -2.32. The lowest BCUT2D eigenvalue weighted by atomic mass is 9.91. The van der Waals surface area contributed by atoms with E-state index in [0.29, 0.717) is 19.5 Å². The Labute approximate surface area is 202 Å². The fraction of sp³-hybridized carbons (Fsp3) is 0.414. The maximum absolute atomic E-state index is 13.4. The molecule has 2 amide bonds. The van der Waals surface area contributed by atoms with Gasteiger partial charge in [-0.05, 0) is 48.9 Å². The Hall–Kier alpha value is -3.21. The van der Waals surface area contributed by atoms with Crippen LogP contribution in [0.5, 0.6) is 0 Å². The van der Waals surface area contributed by atoms with Gasteiger partial charge in [0.25, 0.3) is 0 Å². The van der Waals surface area contributed by atoms with E-state index in [-0.39, 0.29) is 17.7 Å². The molecule has 34 heavy (non-hydrogen) atoms. The van der Waals surface area contributed by atoms with Gasteiger partial charge in [0, 0.05) is 36.6 Å². The third-order valence-electron chi connectivity index (χ3n) is 6.89. The SMILES string of the molecule is CCCCCNC(=O)C1CCN(C(=O)Cc2c(C)nc3ccccc3c2-c2ccccc2)CC1. The first-order chi connectivity index (χ1) is 16.6. The highest BCUT2D eigenvalue weighted by Gasteiger charge is 2.28. The average molecular weight is 458 g/mol. The van der Waals surface area contributed by atoms with Gasteiger partial charge in [0.2, 0.25) is 11.8 Å². The molecule has 0 unspecified atom stereocenters. The first-order valence-corrected chi connectivity index (χ1v) is 12.6. The molecule has 1 aliphatic heterocycles. The number of para-hydroxylation sites is 1. The van der Waals surface area contributed by atoms with Crippen LogP contribution in [0.15, 0.2) is 54.6 Å². The van der Waals surface area contributed by atoms with Crippen molar-refractivity contribution < 1.29 is 9.59 Å². The average Bonchev–Trinajstić information content (AvgIpc) is 2.87. The van der Waals surface area contributed by atoms with E-state index in [1.165, 1.54) is 0 Å². The zero-order chi connectivity index (χ0) is 23.9. The van der Waals surface area contributed by atoms with Crippen molar-refractivity contribution in [1.29, 1.82) is 0 Å². The molecule has 0 saturated carbocycles. The molecule has 0 aliphatic carbocycles. The summed E-state index contributed by atoms with van der Waals surface area (Å²) >= 11 is 0. The van der Waals surface area contributed by atoms with Crippen molar-refractivity contribution >= 4 is 22.7 Å². The summed E-state index contributed by atoms with van der Waals surface area (Å²) in [6.07, 6.45) is 5.09. The summed E-state index contributed by atoms with van der Waals surface area (Å²) < 4.78 is 0. The van der Waals surface area contributed by atoms with Crippen molar-refractivity contribution in [2.45, 2.75) is 52.4 Å². The van der Waals surface area contributed by atoms with Gasteiger partial charge in [0.05, 0.1) is 11.9 Å². The monoisotopic (exact) mass is 457 g/mol. The van der Waals surface area contributed by atoms with Crippen LogP contribution in [0.2, 0.25) is 0 Å². The lowest BCUT2D eigenvalue weighted by molar-refractivity contribution is -0.135. The van der Waals surface area contributed by atoms with Crippen LogP contribution >= 0.6 is 0 Å². The fourth-order valence-electron chi connectivity index (χ4n) is 4.91. The number of benzene rings is 2. The molecule has 5 heteroatoms. The lowest BCUT2D eigenvalue weighted by Crippen LogP contribution is -2.43. The van der Waals surface area contributed by atoms with E-state index in [9.17, 15) is 9.59 Å². The Morgan fingerprint density at radius 1 is 1.00 bits per heavy atom. The molecule has 0 radical (unpaired) electrons. The number of pyridine rings is 1. The number of hydrogen-bond acceptors (Lipinski definition) is 3. The van der Waals surface area contributed by atoms with E-state index in [2.05, 4.69) is 30.4 Å². The summed E-state index contributed by atoms with van der Waals surface area (Å²) in [7, 11) is 0. The minimum absolute atomic E-state index is 0.00891. The predicted octanol–water partition coefficient (Wildman–Crippen LogP) is 5.30. The summed E-state index contributed by atoms with van der Waals surface area (Å²) in [4.78, 5) is 32.6. The highest BCUT2D eigenvalue weighted by atomic mass is 16.2. The zero-order valence-electron chi connectivity index (χ0n) is 20.3. The van der Waals surface area contributed by atoms with E-state index in [4.69, 9.17) is 4.98 Å². The fourth-order valence-corrected chi connectivity index (χ4v) is 4.91. The Bertz CT molecular complexity index is 1130. The highest BCUT2D eigenvalue weighted by Crippen LogP contribution is 2.33. The molecule has 1 aliphatic rings. The van der Waals surface area contributed by atoms with Crippen LogP contribution in [0.1, 0.15) is 50.3 Å². The summed E-state index contributed by atoms with van der Waals surface area (Å²) in [6, 6.07) is 18.4. The van der Waals surface area contributed by atoms with Crippen LogP contribution in [0, 0.1) is 12.8 Å². The van der Waals surface area contributed by atoms with Gasteiger partial charge in [-0.3, -0.25) is 14.6 Å². The zero-order valence-corrected chi connectivity index (χ0v) is 20.3. The summed E-state index contributed by atoms with van der Waals surface area (Å²) in [5.41, 5.74) is 5.03. The van der Waals surface area contributed by atoms with Crippen LogP contribution < -0.4 is 5.32 Å². The van der Waals surface area contributed by atoms with Crippen LogP contribution in [-0.2, 0) is 16.0 Å². The molecule has 178 valence electrons. The molecule has 0 atom stereocenters.